The van der Waals surface area contributed by atoms with E-state index in [-0.39, 0.29) is 12.3 Å². The smallest absolute Gasteiger partial charge is 0.310 e. The Morgan fingerprint density at radius 1 is 1.08 bits per heavy atom. The summed E-state index contributed by atoms with van der Waals surface area (Å²) in [6.45, 7) is 9.20. The van der Waals surface area contributed by atoms with Crippen LogP contribution < -0.4 is 9.84 Å². The zero-order chi connectivity index (χ0) is 26.9. The third-order valence-corrected chi connectivity index (χ3v) is 6.14. The average molecular weight is 516 g/mol. The van der Waals surface area contributed by atoms with Gasteiger partial charge in [0.2, 0.25) is 15.9 Å². The first-order valence-electron chi connectivity index (χ1n) is 11.9. The van der Waals surface area contributed by atoms with Crippen LogP contribution in [0.4, 0.5) is 5.69 Å². The third kappa shape index (κ3) is 9.45. The highest BCUT2D eigenvalue weighted by atomic mass is 32.2. The maximum absolute atomic E-state index is 13.6. The van der Waals surface area contributed by atoms with Crippen LogP contribution in [-0.2, 0) is 24.3 Å². The Morgan fingerprint density at radius 2 is 1.75 bits per heavy atom. The van der Waals surface area contributed by atoms with Crippen LogP contribution in [-0.4, -0.2) is 37.1 Å². The number of para-hydroxylation sites is 1. The number of nitrogens with zero attached hydrogens (tertiary/aromatic N) is 2. The standard InChI is InChI=1S/C27H37N3O5S/c1-20(2)18-24(25(31)29-30(36(6,33)34)22-14-8-7-9-15-22)23(26(32)35-27(3,4)5)16-10-12-21-13-11-17-28-19-21/h7-15,17,19-20,23-24H,16,18H2,1-6H3,(H,29,31)/b12-10+/t23?,24-/m1/s1. The van der Waals surface area contributed by atoms with Crippen molar-refractivity contribution >= 4 is 33.7 Å². The third-order valence-electron chi connectivity index (χ3n) is 5.18. The second-order valence-electron chi connectivity index (χ2n) is 10.1. The molecule has 1 amide bonds. The lowest BCUT2D eigenvalue weighted by Gasteiger charge is -2.31. The maximum Gasteiger partial charge on any atom is 0.310 e. The van der Waals surface area contributed by atoms with E-state index in [1.165, 1.54) is 0 Å². The average Bonchev–Trinajstić information content (AvgIpc) is 2.78. The zero-order valence-electron chi connectivity index (χ0n) is 21.8. The number of allylic oxidation sites excluding steroid dienone is 1. The monoisotopic (exact) mass is 515 g/mol. The highest BCUT2D eigenvalue weighted by Gasteiger charge is 2.37. The summed E-state index contributed by atoms with van der Waals surface area (Å²) in [5.41, 5.74) is 2.96. The number of nitrogens with one attached hydrogen (secondary N) is 1. The number of rotatable bonds is 11. The van der Waals surface area contributed by atoms with Gasteiger partial charge >= 0.3 is 5.97 Å². The van der Waals surface area contributed by atoms with Crippen molar-refractivity contribution in [2.75, 3.05) is 10.7 Å². The van der Waals surface area contributed by atoms with E-state index in [1.54, 1.807) is 63.5 Å². The molecule has 1 aromatic heterocycles. The number of pyridine rings is 1. The fraction of sp³-hybridized carbons (Fsp3) is 0.444. The predicted octanol–water partition coefficient (Wildman–Crippen LogP) is 4.60. The number of amides is 1. The number of hydrogen-bond donors (Lipinski definition) is 1. The highest BCUT2D eigenvalue weighted by Crippen LogP contribution is 2.29. The molecular weight excluding hydrogens is 478 g/mol. The van der Waals surface area contributed by atoms with Gasteiger partial charge < -0.3 is 4.74 Å². The molecule has 0 radical (unpaired) electrons. The number of carbonyl (C=O) groups is 2. The van der Waals surface area contributed by atoms with Gasteiger partial charge in [-0.2, -0.15) is 4.41 Å². The minimum atomic E-state index is -3.84. The molecule has 2 aromatic rings. The molecule has 0 aliphatic carbocycles. The summed E-state index contributed by atoms with van der Waals surface area (Å²) in [4.78, 5) is 31.0. The van der Waals surface area contributed by atoms with E-state index in [2.05, 4.69) is 10.4 Å². The minimum Gasteiger partial charge on any atom is -0.460 e. The largest absolute Gasteiger partial charge is 0.460 e. The molecule has 1 aromatic carbocycles. The molecule has 1 N–H and O–H groups in total. The Kier molecular flexibility index (Phi) is 10.2. The van der Waals surface area contributed by atoms with Crippen LogP contribution >= 0.6 is 0 Å². The quantitative estimate of drug-likeness (QED) is 0.346. The SMILES string of the molecule is CC(C)C[C@@H](C(=O)NN(c1ccccc1)S(C)(=O)=O)C(C/C=C/c1cccnc1)C(=O)OC(C)(C)C. The first-order chi connectivity index (χ1) is 16.8. The number of sulfonamides is 1. The molecule has 0 aliphatic heterocycles. The van der Waals surface area contributed by atoms with Crippen LogP contribution in [0.3, 0.4) is 0 Å². The van der Waals surface area contributed by atoms with Crippen LogP contribution in [0.5, 0.6) is 0 Å². The molecule has 0 spiro atoms. The summed E-state index contributed by atoms with van der Waals surface area (Å²) in [6.07, 6.45) is 8.63. The van der Waals surface area contributed by atoms with Crippen molar-refractivity contribution in [1.29, 1.82) is 0 Å². The lowest BCUT2D eigenvalue weighted by Crippen LogP contribution is -2.50. The molecule has 2 rings (SSSR count). The van der Waals surface area contributed by atoms with E-state index in [9.17, 15) is 18.0 Å². The lowest BCUT2D eigenvalue weighted by molar-refractivity contribution is -0.164. The minimum absolute atomic E-state index is 0.0661. The fourth-order valence-corrected chi connectivity index (χ4v) is 4.44. The second kappa shape index (κ2) is 12.7. The van der Waals surface area contributed by atoms with Crippen LogP contribution in [0.1, 0.15) is 53.0 Å². The van der Waals surface area contributed by atoms with Gasteiger partial charge in [0.05, 0.1) is 23.8 Å². The van der Waals surface area contributed by atoms with Gasteiger partial charge in [-0.05, 0) is 63.3 Å². The molecule has 196 valence electrons. The summed E-state index contributed by atoms with van der Waals surface area (Å²) in [5, 5.41) is 0. The van der Waals surface area contributed by atoms with Crippen molar-refractivity contribution in [3.8, 4) is 0 Å². The van der Waals surface area contributed by atoms with Crippen molar-refractivity contribution in [2.24, 2.45) is 17.8 Å². The first-order valence-corrected chi connectivity index (χ1v) is 13.8. The Balaban J connectivity index is 2.41. The molecule has 1 unspecified atom stereocenters. The molecule has 9 heteroatoms. The normalized spacial score (nSPS) is 13.9. The number of esters is 1. The maximum atomic E-state index is 13.6. The van der Waals surface area contributed by atoms with Crippen molar-refractivity contribution < 1.29 is 22.7 Å². The molecule has 36 heavy (non-hydrogen) atoms. The lowest BCUT2D eigenvalue weighted by atomic mass is 9.82. The van der Waals surface area contributed by atoms with Gasteiger partial charge in [-0.15, -0.1) is 0 Å². The molecule has 0 fully saturated rings. The number of anilines is 1. The second-order valence-corrected chi connectivity index (χ2v) is 12.0. The van der Waals surface area contributed by atoms with Crippen molar-refractivity contribution in [3.05, 3.63) is 66.5 Å². The van der Waals surface area contributed by atoms with Crippen molar-refractivity contribution in [3.63, 3.8) is 0 Å². The highest BCUT2D eigenvalue weighted by molar-refractivity contribution is 7.92. The topological polar surface area (TPSA) is 106 Å². The number of carbonyl (C=O) groups excluding carboxylic acids is 2. The van der Waals surface area contributed by atoms with Crippen molar-refractivity contribution in [1.82, 2.24) is 10.4 Å². The van der Waals surface area contributed by atoms with E-state index in [1.807, 2.05) is 38.1 Å². The van der Waals surface area contributed by atoms with Gasteiger partial charge in [-0.25, -0.2) is 8.42 Å². The number of ether oxygens (including phenoxy) is 1. The Morgan fingerprint density at radius 3 is 2.28 bits per heavy atom. The molecule has 0 saturated carbocycles. The summed E-state index contributed by atoms with van der Waals surface area (Å²) in [7, 11) is -3.84. The van der Waals surface area contributed by atoms with E-state index < -0.39 is 39.3 Å². The Bertz CT molecular complexity index is 1130. The fourth-order valence-electron chi connectivity index (χ4n) is 3.67. The van der Waals surface area contributed by atoms with E-state index in [4.69, 9.17) is 4.74 Å². The molecule has 0 saturated heterocycles. The van der Waals surface area contributed by atoms with E-state index in [0.29, 0.717) is 12.1 Å². The summed E-state index contributed by atoms with van der Waals surface area (Å²) < 4.78 is 31.6. The summed E-state index contributed by atoms with van der Waals surface area (Å²) in [5.74, 6) is -2.66. The molecule has 8 nitrogen and oxygen atoms in total. The number of hydrogen-bond acceptors (Lipinski definition) is 6. The van der Waals surface area contributed by atoms with Gasteiger partial charge in [-0.1, -0.05) is 50.3 Å². The summed E-state index contributed by atoms with van der Waals surface area (Å²) >= 11 is 0. The number of benzene rings is 1. The zero-order valence-corrected chi connectivity index (χ0v) is 22.7. The number of hydrazine groups is 1. The Labute approximate surface area is 214 Å². The van der Waals surface area contributed by atoms with Crippen molar-refractivity contribution in [2.45, 2.75) is 53.1 Å². The molecular formula is C27H37N3O5S. The van der Waals surface area contributed by atoms with Gasteiger partial charge in [0.1, 0.15) is 5.60 Å². The van der Waals surface area contributed by atoms with Crippen LogP contribution in [0, 0.1) is 17.8 Å². The number of aromatic nitrogens is 1. The van der Waals surface area contributed by atoms with E-state index >= 15 is 0 Å². The Hall–Kier alpha value is -3.20. The summed E-state index contributed by atoms with van der Waals surface area (Å²) in [6, 6.07) is 12.0. The molecule has 1 heterocycles. The first kappa shape index (κ1) is 29.0. The van der Waals surface area contributed by atoms with Gasteiger partial charge in [-0.3, -0.25) is 20.0 Å². The van der Waals surface area contributed by atoms with Crippen LogP contribution in [0.25, 0.3) is 6.08 Å². The molecule has 2 atom stereocenters. The molecule has 0 bridgehead atoms. The van der Waals surface area contributed by atoms with Gasteiger partial charge in [0.25, 0.3) is 0 Å². The van der Waals surface area contributed by atoms with Crippen LogP contribution in [0.2, 0.25) is 0 Å². The van der Waals surface area contributed by atoms with Gasteiger partial charge in [0, 0.05) is 12.4 Å². The predicted molar refractivity (Wildman–Crippen MR) is 142 cm³/mol. The molecule has 0 aliphatic rings. The van der Waals surface area contributed by atoms with E-state index in [0.717, 1.165) is 16.2 Å². The van der Waals surface area contributed by atoms with Gasteiger partial charge in [0.15, 0.2) is 0 Å². The van der Waals surface area contributed by atoms with Crippen LogP contribution in [0.15, 0.2) is 60.9 Å².